The molecule has 0 N–H and O–H groups in total. The lowest BCUT2D eigenvalue weighted by atomic mass is 10.0. The molecule has 4 nitrogen and oxygen atoms in total. The third kappa shape index (κ3) is 17.3. The Bertz CT molecular complexity index is 244. The van der Waals surface area contributed by atoms with Gasteiger partial charge in [0, 0.05) is 19.1 Å². The number of esters is 1. The molecule has 0 radical (unpaired) electrons. The van der Waals surface area contributed by atoms with Gasteiger partial charge in [-0.1, -0.05) is 20.4 Å². The Hall–Kier alpha value is -1.34. The minimum Gasteiger partial charge on any atom is -0.460 e. The van der Waals surface area contributed by atoms with Crippen LogP contribution in [0.3, 0.4) is 0 Å². The van der Waals surface area contributed by atoms with Crippen molar-refractivity contribution >= 4 is 5.97 Å². The Kier molecular flexibility index (Phi) is 13.5. The molecule has 0 aliphatic carbocycles. The first-order chi connectivity index (χ1) is 7.97. The first kappa shape index (κ1) is 18.0. The van der Waals surface area contributed by atoms with Gasteiger partial charge >= 0.3 is 5.97 Å². The minimum atomic E-state index is -0.410. The minimum absolute atomic E-state index is 0.231. The molecule has 0 aromatic heterocycles. The van der Waals surface area contributed by atoms with Gasteiger partial charge in [-0.2, -0.15) is 5.26 Å². The molecular formula is C13H23NO3. The van der Waals surface area contributed by atoms with E-state index in [0.717, 1.165) is 12.5 Å². The molecule has 0 saturated carbocycles. The summed E-state index contributed by atoms with van der Waals surface area (Å²) >= 11 is 0. The lowest BCUT2D eigenvalue weighted by Crippen LogP contribution is -2.06. The van der Waals surface area contributed by atoms with Gasteiger partial charge in [0.05, 0.1) is 12.7 Å². The number of nitriles is 1. The SMILES string of the molecule is C=CC(=O)OCCOC.CC(C)CC(C)C#N. The van der Waals surface area contributed by atoms with Crippen molar-refractivity contribution in [1.29, 1.82) is 5.26 Å². The van der Waals surface area contributed by atoms with Crippen LogP contribution >= 0.6 is 0 Å². The van der Waals surface area contributed by atoms with E-state index in [-0.39, 0.29) is 5.92 Å². The third-order valence-electron chi connectivity index (χ3n) is 1.74. The Labute approximate surface area is 104 Å². The first-order valence-corrected chi connectivity index (χ1v) is 5.65. The summed E-state index contributed by atoms with van der Waals surface area (Å²) in [7, 11) is 1.54. The van der Waals surface area contributed by atoms with Crippen LogP contribution in [-0.4, -0.2) is 26.3 Å². The molecule has 0 aliphatic rings. The highest BCUT2D eigenvalue weighted by Gasteiger charge is 2.00. The fourth-order valence-corrected chi connectivity index (χ4v) is 1.04. The number of ether oxygens (including phenoxy) is 2. The molecule has 0 spiro atoms. The molecule has 4 heteroatoms. The number of hydrogen-bond donors (Lipinski definition) is 0. The second-order valence-electron chi connectivity index (χ2n) is 4.02. The van der Waals surface area contributed by atoms with Crippen LogP contribution < -0.4 is 0 Å². The highest BCUT2D eigenvalue weighted by atomic mass is 16.6. The molecule has 17 heavy (non-hydrogen) atoms. The molecule has 1 atom stereocenters. The van der Waals surface area contributed by atoms with Gasteiger partial charge in [0.1, 0.15) is 6.61 Å². The normalized spacial score (nSPS) is 10.8. The molecule has 0 aromatic carbocycles. The molecule has 0 fully saturated rings. The maximum atomic E-state index is 10.3. The molecule has 0 rings (SSSR count). The van der Waals surface area contributed by atoms with Gasteiger partial charge < -0.3 is 9.47 Å². The van der Waals surface area contributed by atoms with Crippen LogP contribution in [0, 0.1) is 23.2 Å². The van der Waals surface area contributed by atoms with E-state index in [4.69, 9.17) is 5.26 Å². The van der Waals surface area contributed by atoms with Crippen LogP contribution in [-0.2, 0) is 14.3 Å². The monoisotopic (exact) mass is 241 g/mol. The van der Waals surface area contributed by atoms with Crippen molar-refractivity contribution in [3.05, 3.63) is 12.7 Å². The summed E-state index contributed by atoms with van der Waals surface area (Å²) in [5, 5.41) is 8.33. The fraction of sp³-hybridized carbons (Fsp3) is 0.692. The first-order valence-electron chi connectivity index (χ1n) is 5.65. The molecule has 0 heterocycles. The van der Waals surface area contributed by atoms with Crippen LogP contribution in [0.4, 0.5) is 0 Å². The van der Waals surface area contributed by atoms with E-state index in [1.54, 1.807) is 7.11 Å². The van der Waals surface area contributed by atoms with E-state index in [2.05, 4.69) is 36.0 Å². The van der Waals surface area contributed by atoms with E-state index < -0.39 is 5.97 Å². The predicted molar refractivity (Wildman–Crippen MR) is 67.3 cm³/mol. The van der Waals surface area contributed by atoms with E-state index in [9.17, 15) is 4.79 Å². The molecule has 1 unspecified atom stereocenters. The quantitative estimate of drug-likeness (QED) is 0.407. The van der Waals surface area contributed by atoms with Gasteiger partial charge in [-0.05, 0) is 19.3 Å². The third-order valence-corrected chi connectivity index (χ3v) is 1.74. The number of hydrogen-bond acceptors (Lipinski definition) is 4. The van der Waals surface area contributed by atoms with Gasteiger partial charge in [-0.25, -0.2) is 4.79 Å². The zero-order valence-electron chi connectivity index (χ0n) is 11.2. The van der Waals surface area contributed by atoms with E-state index in [1.807, 2.05) is 6.92 Å². The largest absolute Gasteiger partial charge is 0.460 e. The zero-order chi connectivity index (χ0) is 13.7. The second kappa shape index (κ2) is 12.7. The van der Waals surface area contributed by atoms with Crippen molar-refractivity contribution < 1.29 is 14.3 Å². The molecule has 0 amide bonds. The summed E-state index contributed by atoms with van der Waals surface area (Å²) < 4.78 is 9.17. The van der Waals surface area contributed by atoms with Gasteiger partial charge in [0.15, 0.2) is 0 Å². The summed E-state index contributed by atoms with van der Waals surface area (Å²) in [6.07, 6.45) is 2.14. The van der Waals surface area contributed by atoms with Crippen molar-refractivity contribution in [3.8, 4) is 6.07 Å². The van der Waals surface area contributed by atoms with Crippen molar-refractivity contribution in [3.63, 3.8) is 0 Å². The van der Waals surface area contributed by atoms with Crippen molar-refractivity contribution in [2.75, 3.05) is 20.3 Å². The molecule has 98 valence electrons. The number of methoxy groups -OCH3 is 1. The van der Waals surface area contributed by atoms with Crippen molar-refractivity contribution in [2.45, 2.75) is 27.2 Å². The van der Waals surface area contributed by atoms with Gasteiger partial charge in [-0.15, -0.1) is 0 Å². The standard InChI is InChI=1S/C7H13N.C6H10O3/c1-6(2)4-7(3)5-8;1-3-6(7)9-5-4-8-2/h6-7H,4H2,1-3H3;3H,1,4-5H2,2H3. The maximum absolute atomic E-state index is 10.3. The molecule has 0 aliphatic heterocycles. The smallest absolute Gasteiger partial charge is 0.330 e. The van der Waals surface area contributed by atoms with Gasteiger partial charge in [0.2, 0.25) is 0 Å². The number of carbonyl (C=O) groups excluding carboxylic acids is 1. The van der Waals surface area contributed by atoms with Crippen LogP contribution in [0.5, 0.6) is 0 Å². The molecular weight excluding hydrogens is 218 g/mol. The highest BCUT2D eigenvalue weighted by molar-refractivity contribution is 5.81. The molecule has 0 saturated heterocycles. The topological polar surface area (TPSA) is 59.3 Å². The zero-order valence-corrected chi connectivity index (χ0v) is 11.2. The van der Waals surface area contributed by atoms with Crippen LogP contribution in [0.25, 0.3) is 0 Å². The lowest BCUT2D eigenvalue weighted by molar-refractivity contribution is -0.138. The van der Waals surface area contributed by atoms with Crippen molar-refractivity contribution in [2.24, 2.45) is 11.8 Å². The summed E-state index contributed by atoms with van der Waals surface area (Å²) in [6, 6.07) is 2.20. The Morgan fingerprint density at radius 3 is 2.29 bits per heavy atom. The van der Waals surface area contributed by atoms with Gasteiger partial charge in [-0.3, -0.25) is 0 Å². The number of rotatable bonds is 6. The predicted octanol–water partition coefficient (Wildman–Crippen LogP) is 2.55. The van der Waals surface area contributed by atoms with Crippen LogP contribution in [0.15, 0.2) is 12.7 Å². The maximum Gasteiger partial charge on any atom is 0.330 e. The summed E-state index contributed by atoms with van der Waals surface area (Å²) in [6.45, 7) is 10.2. The fourth-order valence-electron chi connectivity index (χ4n) is 1.04. The summed E-state index contributed by atoms with van der Waals surface area (Å²) in [5.74, 6) is 0.478. The second-order valence-corrected chi connectivity index (χ2v) is 4.02. The highest BCUT2D eigenvalue weighted by Crippen LogP contribution is 2.08. The van der Waals surface area contributed by atoms with Crippen molar-refractivity contribution in [1.82, 2.24) is 0 Å². The summed E-state index contributed by atoms with van der Waals surface area (Å²) in [5.41, 5.74) is 0. The van der Waals surface area contributed by atoms with Gasteiger partial charge in [0.25, 0.3) is 0 Å². The Morgan fingerprint density at radius 1 is 1.41 bits per heavy atom. The number of nitrogens with zero attached hydrogens (tertiary/aromatic N) is 1. The Morgan fingerprint density at radius 2 is 2.00 bits per heavy atom. The Balaban J connectivity index is 0. The van der Waals surface area contributed by atoms with Crippen LogP contribution in [0.2, 0.25) is 0 Å². The van der Waals surface area contributed by atoms with E-state index >= 15 is 0 Å². The average molecular weight is 241 g/mol. The molecule has 0 aromatic rings. The van der Waals surface area contributed by atoms with Crippen LogP contribution in [0.1, 0.15) is 27.2 Å². The summed E-state index contributed by atoms with van der Waals surface area (Å²) in [4.78, 5) is 10.3. The average Bonchev–Trinajstić information content (AvgIpc) is 2.29. The number of carbonyl (C=O) groups is 1. The molecule has 0 bridgehead atoms. The lowest BCUT2D eigenvalue weighted by Gasteiger charge is -2.03. The van der Waals surface area contributed by atoms with E-state index in [0.29, 0.717) is 19.1 Å². The van der Waals surface area contributed by atoms with E-state index in [1.165, 1.54) is 0 Å².